The monoisotopic (exact) mass is 168 g/mol. The van der Waals surface area contributed by atoms with E-state index in [9.17, 15) is 0 Å². The summed E-state index contributed by atoms with van der Waals surface area (Å²) in [6.07, 6.45) is 6.39. The predicted molar refractivity (Wildman–Crippen MR) is 53.7 cm³/mol. The van der Waals surface area contributed by atoms with Gasteiger partial charge >= 0.3 is 0 Å². The highest BCUT2D eigenvalue weighted by molar-refractivity contribution is 4.97. The molecule has 0 aliphatic rings. The summed E-state index contributed by atoms with van der Waals surface area (Å²) >= 11 is 0. The molecule has 0 saturated carbocycles. The van der Waals surface area contributed by atoms with Crippen molar-refractivity contribution in [1.29, 1.82) is 0 Å². The average Bonchev–Trinajstić information content (AvgIpc) is 2.12. The molecule has 2 heteroatoms. The van der Waals surface area contributed by atoms with Crippen LogP contribution in [0.15, 0.2) is 0 Å². The highest BCUT2D eigenvalue weighted by Gasteiger charge is 2.14. The van der Waals surface area contributed by atoms with Gasteiger partial charge in [0.15, 0.2) is 0 Å². The van der Waals surface area contributed by atoms with Crippen LogP contribution >= 0.6 is 0 Å². The second-order valence-corrected chi connectivity index (χ2v) is 3.28. The van der Waals surface area contributed by atoms with Gasteiger partial charge in [-0.05, 0) is 12.8 Å². The molecule has 0 fully saturated rings. The molecule has 3 N–H and O–H groups in total. The summed E-state index contributed by atoms with van der Waals surface area (Å²) in [4.78, 5) is 0. The average molecular weight is 168 g/mol. The van der Waals surface area contributed by atoms with Crippen LogP contribution in [-0.4, -0.2) is 18.6 Å². The first-order chi connectivity index (χ1) is 5.65. The van der Waals surface area contributed by atoms with E-state index in [4.69, 9.17) is 12.2 Å². The van der Waals surface area contributed by atoms with E-state index in [1.54, 1.807) is 0 Å². The molecule has 3 atom stereocenters. The summed E-state index contributed by atoms with van der Waals surface area (Å²) in [6.45, 7) is 6.98. The molecule has 0 aromatic heterocycles. The van der Waals surface area contributed by atoms with Gasteiger partial charge in [0.1, 0.15) is 0 Å². The van der Waals surface area contributed by atoms with Crippen LogP contribution in [-0.2, 0) is 0 Å². The Balaban J connectivity index is 3.92. The lowest BCUT2D eigenvalue weighted by Crippen LogP contribution is -2.44. The van der Waals surface area contributed by atoms with Gasteiger partial charge in [0.25, 0.3) is 0 Å². The Morgan fingerprint density at radius 2 is 2.08 bits per heavy atom. The summed E-state index contributed by atoms with van der Waals surface area (Å²) < 4.78 is 0. The summed E-state index contributed by atoms with van der Waals surface area (Å²) in [5, 5.41) is 3.31. The van der Waals surface area contributed by atoms with Crippen LogP contribution in [0.1, 0.15) is 27.2 Å². The first kappa shape index (κ1) is 11.5. The first-order valence-corrected chi connectivity index (χ1v) is 4.57. The highest BCUT2D eigenvalue weighted by atomic mass is 15.0. The third-order valence-corrected chi connectivity index (χ3v) is 2.30. The lowest BCUT2D eigenvalue weighted by molar-refractivity contribution is 0.363. The topological polar surface area (TPSA) is 38.0 Å². The standard InChI is InChI=1S/C10H20N2/c1-5-8(3)10(7-11)12-9(4)6-2/h2,8-10,12H,5,7,11H2,1,3-4H3. The third kappa shape index (κ3) is 3.75. The van der Waals surface area contributed by atoms with Crippen molar-refractivity contribution in [3.8, 4) is 12.3 Å². The SMILES string of the molecule is C#CC(C)NC(CN)C(C)CC. The van der Waals surface area contributed by atoms with Gasteiger partial charge in [-0.15, -0.1) is 6.42 Å². The predicted octanol–water partition coefficient (Wildman–Crippen LogP) is 0.971. The van der Waals surface area contributed by atoms with Gasteiger partial charge in [-0.3, -0.25) is 5.32 Å². The summed E-state index contributed by atoms with van der Waals surface area (Å²) in [6, 6.07) is 0.466. The molecule has 0 aromatic rings. The van der Waals surface area contributed by atoms with E-state index < -0.39 is 0 Å². The molecule has 0 bridgehead atoms. The van der Waals surface area contributed by atoms with Crippen molar-refractivity contribution in [2.75, 3.05) is 6.54 Å². The molecule has 0 aliphatic carbocycles. The van der Waals surface area contributed by atoms with Gasteiger partial charge in [0.05, 0.1) is 6.04 Å². The van der Waals surface area contributed by atoms with Crippen molar-refractivity contribution >= 4 is 0 Å². The second kappa shape index (κ2) is 6.05. The number of hydrogen-bond donors (Lipinski definition) is 2. The lowest BCUT2D eigenvalue weighted by atomic mass is 9.98. The number of nitrogens with one attached hydrogen (secondary N) is 1. The molecular formula is C10H20N2. The van der Waals surface area contributed by atoms with Crippen molar-refractivity contribution in [2.45, 2.75) is 39.3 Å². The number of terminal acetylenes is 1. The van der Waals surface area contributed by atoms with Crippen LogP contribution in [0.3, 0.4) is 0 Å². The second-order valence-electron chi connectivity index (χ2n) is 3.28. The van der Waals surface area contributed by atoms with Crippen LogP contribution < -0.4 is 11.1 Å². The van der Waals surface area contributed by atoms with E-state index in [0.29, 0.717) is 18.5 Å². The zero-order valence-electron chi connectivity index (χ0n) is 8.30. The minimum Gasteiger partial charge on any atom is -0.329 e. The van der Waals surface area contributed by atoms with E-state index >= 15 is 0 Å². The molecule has 0 heterocycles. The first-order valence-electron chi connectivity index (χ1n) is 4.57. The quantitative estimate of drug-likeness (QED) is 0.600. The van der Waals surface area contributed by atoms with Crippen LogP contribution in [0, 0.1) is 18.3 Å². The molecule has 0 aliphatic heterocycles. The van der Waals surface area contributed by atoms with Crippen molar-refractivity contribution < 1.29 is 0 Å². The molecule has 0 radical (unpaired) electrons. The highest BCUT2D eigenvalue weighted by Crippen LogP contribution is 2.06. The summed E-state index contributed by atoms with van der Waals surface area (Å²) in [7, 11) is 0. The Hall–Kier alpha value is -0.520. The molecule has 0 aromatic carbocycles. The van der Waals surface area contributed by atoms with Crippen molar-refractivity contribution in [3.63, 3.8) is 0 Å². The third-order valence-electron chi connectivity index (χ3n) is 2.30. The minimum absolute atomic E-state index is 0.118. The van der Waals surface area contributed by atoms with Gasteiger partial charge in [0, 0.05) is 12.6 Å². The van der Waals surface area contributed by atoms with Gasteiger partial charge < -0.3 is 5.73 Å². The van der Waals surface area contributed by atoms with Crippen LogP contribution in [0.2, 0.25) is 0 Å². The Bertz CT molecular complexity index is 148. The smallest absolute Gasteiger partial charge is 0.0660 e. The lowest BCUT2D eigenvalue weighted by Gasteiger charge is -2.24. The Morgan fingerprint density at radius 3 is 2.42 bits per heavy atom. The summed E-state index contributed by atoms with van der Waals surface area (Å²) in [5.41, 5.74) is 5.62. The van der Waals surface area contributed by atoms with Gasteiger partial charge in [-0.25, -0.2) is 0 Å². The van der Waals surface area contributed by atoms with E-state index in [1.807, 2.05) is 6.92 Å². The van der Waals surface area contributed by atoms with Gasteiger partial charge in [-0.2, -0.15) is 0 Å². The van der Waals surface area contributed by atoms with Crippen molar-refractivity contribution in [2.24, 2.45) is 11.7 Å². The Labute approximate surface area is 75.9 Å². The van der Waals surface area contributed by atoms with Gasteiger partial charge in [0.2, 0.25) is 0 Å². The fourth-order valence-electron chi connectivity index (χ4n) is 1.12. The maximum Gasteiger partial charge on any atom is 0.0660 e. The molecule has 70 valence electrons. The van der Waals surface area contributed by atoms with Crippen LogP contribution in [0.25, 0.3) is 0 Å². The number of rotatable bonds is 5. The maximum absolute atomic E-state index is 5.62. The van der Waals surface area contributed by atoms with Crippen molar-refractivity contribution in [3.05, 3.63) is 0 Å². The molecule has 0 spiro atoms. The summed E-state index contributed by atoms with van der Waals surface area (Å²) in [5.74, 6) is 3.23. The zero-order chi connectivity index (χ0) is 9.56. The van der Waals surface area contributed by atoms with E-state index in [1.165, 1.54) is 0 Å². The fourth-order valence-corrected chi connectivity index (χ4v) is 1.12. The number of hydrogen-bond acceptors (Lipinski definition) is 2. The normalized spacial score (nSPS) is 17.9. The molecule has 0 rings (SSSR count). The van der Waals surface area contributed by atoms with E-state index in [-0.39, 0.29) is 6.04 Å². The molecular weight excluding hydrogens is 148 g/mol. The molecule has 2 nitrogen and oxygen atoms in total. The number of nitrogens with two attached hydrogens (primary N) is 1. The van der Waals surface area contributed by atoms with Crippen LogP contribution in [0.4, 0.5) is 0 Å². The van der Waals surface area contributed by atoms with Crippen molar-refractivity contribution in [1.82, 2.24) is 5.32 Å². The van der Waals surface area contributed by atoms with E-state index in [0.717, 1.165) is 6.42 Å². The van der Waals surface area contributed by atoms with Crippen LogP contribution in [0.5, 0.6) is 0 Å². The maximum atomic E-state index is 5.62. The Morgan fingerprint density at radius 1 is 1.50 bits per heavy atom. The fraction of sp³-hybridized carbons (Fsp3) is 0.800. The van der Waals surface area contributed by atoms with Gasteiger partial charge in [-0.1, -0.05) is 26.2 Å². The molecule has 12 heavy (non-hydrogen) atoms. The largest absolute Gasteiger partial charge is 0.329 e. The van der Waals surface area contributed by atoms with E-state index in [2.05, 4.69) is 25.1 Å². The molecule has 3 unspecified atom stereocenters. The molecule has 0 saturated heterocycles. The molecule has 0 amide bonds. The minimum atomic E-state index is 0.118. The Kier molecular flexibility index (Phi) is 5.79. The zero-order valence-corrected chi connectivity index (χ0v) is 8.30.